The highest BCUT2D eigenvalue weighted by molar-refractivity contribution is 5.73. The highest BCUT2D eigenvalue weighted by Crippen LogP contribution is 2.48. The van der Waals surface area contributed by atoms with Crippen molar-refractivity contribution >= 4 is 5.97 Å². The monoisotopic (exact) mass is 729 g/mol. The molecule has 0 spiro atoms. The van der Waals surface area contributed by atoms with Gasteiger partial charge in [0.1, 0.15) is 41.4 Å². The van der Waals surface area contributed by atoms with Gasteiger partial charge in [-0.1, -0.05) is 27.7 Å². The molecule has 0 radical (unpaired) electrons. The smallest absolute Gasteiger partial charge is 0.311 e. The number of carbonyl (C=O) groups excluding carboxylic acids is 1. The number of hydrogen-bond donors (Lipinski definition) is 5. The zero-order chi connectivity index (χ0) is 38.2. The number of methoxy groups -OCH3 is 1. The van der Waals surface area contributed by atoms with Crippen molar-refractivity contribution in [2.45, 2.75) is 180 Å². The molecule has 0 aromatic rings. The Balaban J connectivity index is 1.83. The third kappa shape index (κ3) is 8.48. The van der Waals surface area contributed by atoms with Crippen molar-refractivity contribution in [3.05, 3.63) is 11.3 Å². The van der Waals surface area contributed by atoms with Crippen LogP contribution in [-0.4, -0.2) is 125 Å². The van der Waals surface area contributed by atoms with Gasteiger partial charge in [0.05, 0.1) is 35.7 Å². The van der Waals surface area contributed by atoms with Crippen LogP contribution in [0.25, 0.3) is 0 Å². The molecule has 17 atom stereocenters. The maximum absolute atomic E-state index is 14.4. The summed E-state index contributed by atoms with van der Waals surface area (Å²) < 4.78 is 45.1. The first kappa shape index (κ1) is 42.4. The molecule has 0 saturated carbocycles. The van der Waals surface area contributed by atoms with Crippen LogP contribution in [0.2, 0.25) is 0 Å². The van der Waals surface area contributed by atoms with Gasteiger partial charge in [-0.3, -0.25) is 4.79 Å². The largest absolute Gasteiger partial charge is 0.488 e. The first-order valence-corrected chi connectivity index (χ1v) is 19.0. The molecule has 3 saturated heterocycles. The predicted octanol–water partition coefficient (Wildman–Crippen LogP) is 3.19. The first-order chi connectivity index (χ1) is 23.8. The second-order valence-corrected chi connectivity index (χ2v) is 16.3. The Labute approximate surface area is 304 Å². The fourth-order valence-corrected chi connectivity index (χ4v) is 9.06. The van der Waals surface area contributed by atoms with Crippen LogP contribution in [0.5, 0.6) is 0 Å². The van der Waals surface area contributed by atoms with E-state index in [-0.39, 0.29) is 25.2 Å². The molecule has 0 amide bonds. The zero-order valence-electron chi connectivity index (χ0n) is 32.9. The van der Waals surface area contributed by atoms with Gasteiger partial charge in [-0.15, -0.1) is 0 Å². The summed E-state index contributed by atoms with van der Waals surface area (Å²) in [5.41, 5.74) is -2.71. The van der Waals surface area contributed by atoms with E-state index >= 15 is 0 Å². The summed E-state index contributed by atoms with van der Waals surface area (Å²) in [6.45, 7) is 20.7. The molecule has 13 heteroatoms. The zero-order valence-corrected chi connectivity index (χ0v) is 32.9. The second-order valence-electron chi connectivity index (χ2n) is 16.3. The Morgan fingerprint density at radius 1 is 1.06 bits per heavy atom. The minimum atomic E-state index is -1.62. The number of esters is 1. The van der Waals surface area contributed by atoms with Crippen LogP contribution in [0.15, 0.2) is 11.3 Å². The predicted molar refractivity (Wildman–Crippen MR) is 188 cm³/mol. The molecule has 4 aliphatic rings. The van der Waals surface area contributed by atoms with Gasteiger partial charge in [0, 0.05) is 44.4 Å². The van der Waals surface area contributed by atoms with Crippen molar-refractivity contribution in [3.8, 4) is 0 Å². The van der Waals surface area contributed by atoms with Crippen molar-refractivity contribution in [1.82, 2.24) is 5.32 Å². The molecule has 5 N–H and O–H groups in total. The Kier molecular flexibility index (Phi) is 13.7. The summed E-state index contributed by atoms with van der Waals surface area (Å²) in [6, 6.07) is -0.258. The number of carbonyl (C=O) groups is 1. The highest BCUT2D eigenvalue weighted by atomic mass is 16.7. The molecule has 1 unspecified atom stereocenters. The number of ether oxygens (including phenoxy) is 7. The summed E-state index contributed by atoms with van der Waals surface area (Å²) >= 11 is 0. The van der Waals surface area contributed by atoms with Gasteiger partial charge >= 0.3 is 5.97 Å². The minimum Gasteiger partial charge on any atom is -0.488 e. The molecule has 4 aliphatic heterocycles. The van der Waals surface area contributed by atoms with Gasteiger partial charge in [-0.05, 0) is 73.4 Å². The minimum absolute atomic E-state index is 0.180. The van der Waals surface area contributed by atoms with Crippen LogP contribution in [0.1, 0.15) is 102 Å². The van der Waals surface area contributed by atoms with Gasteiger partial charge in [-0.2, -0.15) is 0 Å². The van der Waals surface area contributed by atoms with Crippen molar-refractivity contribution in [2.75, 3.05) is 20.3 Å². The molecule has 13 nitrogen and oxygen atoms in total. The summed E-state index contributed by atoms with van der Waals surface area (Å²) in [6.07, 6.45) is -5.70. The van der Waals surface area contributed by atoms with E-state index in [2.05, 4.69) is 5.32 Å². The number of nitrogens with one attached hydrogen (secondary N) is 1. The van der Waals surface area contributed by atoms with Gasteiger partial charge in [0.2, 0.25) is 0 Å². The SMILES string of the molecule is CCN[C@H]1C[C@@H](C)O[C@@H](O[C@@H]2[C@@H](C)[C@H](O[C@H]3C[C@@](C)(OC)[C@@H](O)[C@H](C)O3)[C@@H](C)C(=O)O[C@@H]([C@](C)(O)[C@@H](CC)CO)[C@@H](C)C3=C(C)CC2(C)O3)[C@@H]1O. The van der Waals surface area contributed by atoms with Crippen LogP contribution in [0.3, 0.4) is 0 Å². The van der Waals surface area contributed by atoms with Gasteiger partial charge in [-0.25, -0.2) is 0 Å². The molecule has 296 valence electrons. The van der Waals surface area contributed by atoms with E-state index in [1.165, 1.54) is 7.11 Å². The van der Waals surface area contributed by atoms with E-state index in [1.807, 2.05) is 48.5 Å². The molecule has 4 rings (SSSR count). The Morgan fingerprint density at radius 2 is 1.73 bits per heavy atom. The molecule has 2 bridgehead atoms. The van der Waals surface area contributed by atoms with E-state index < -0.39 is 95.6 Å². The third-order valence-electron chi connectivity index (χ3n) is 12.2. The molecule has 4 heterocycles. The quantitative estimate of drug-likeness (QED) is 0.197. The standard InChI is InChI=1S/C38H67NO12/c1-13-25(18-40)38(11,44)33-21(5)29-19(3)16-37(10,51-29)32(50-35-28(41)26(39-14-2)15-20(4)46-35)22(6)30(23(7)34(43)49-33)48-27-17-36(9,45-12)31(42)24(8)47-27/h20-28,30-33,35,39-42,44H,13-18H2,1-12H3/t20-,21+,22+,23-,24+,25+,26+,27+,28-,30+,31+,32-,33-,35+,36-,37?,38-/m1/s1. The summed E-state index contributed by atoms with van der Waals surface area (Å²) in [4.78, 5) is 14.4. The number of likely N-dealkylation sites (N-methyl/N-ethyl adjacent to an activating group) is 1. The van der Waals surface area contributed by atoms with Gasteiger partial charge < -0.3 is 58.9 Å². The average molecular weight is 730 g/mol. The molecule has 51 heavy (non-hydrogen) atoms. The van der Waals surface area contributed by atoms with E-state index in [4.69, 9.17) is 33.2 Å². The number of aliphatic hydroxyl groups excluding tert-OH is 3. The maximum atomic E-state index is 14.4. The molecular formula is C38H67NO12. The topological polar surface area (TPSA) is 175 Å². The van der Waals surface area contributed by atoms with Crippen LogP contribution >= 0.6 is 0 Å². The first-order valence-electron chi connectivity index (χ1n) is 19.0. The second kappa shape index (κ2) is 16.5. The van der Waals surface area contributed by atoms with E-state index in [9.17, 15) is 25.2 Å². The van der Waals surface area contributed by atoms with Crippen LogP contribution < -0.4 is 5.32 Å². The molecule has 0 aliphatic carbocycles. The number of hydrogen-bond acceptors (Lipinski definition) is 13. The summed E-state index contributed by atoms with van der Waals surface area (Å²) in [5, 5.41) is 48.1. The fourth-order valence-electron chi connectivity index (χ4n) is 9.06. The normalized spacial score (nSPS) is 45.7. The van der Waals surface area contributed by atoms with Gasteiger partial charge in [0.15, 0.2) is 12.6 Å². The summed E-state index contributed by atoms with van der Waals surface area (Å²) in [7, 11) is 1.53. The van der Waals surface area contributed by atoms with E-state index in [1.54, 1.807) is 27.7 Å². The van der Waals surface area contributed by atoms with Crippen molar-refractivity contribution in [3.63, 3.8) is 0 Å². The molecule has 3 fully saturated rings. The average Bonchev–Trinajstić information content (AvgIpc) is 3.38. The Bertz CT molecular complexity index is 1210. The fraction of sp³-hybridized carbons (Fsp3) is 0.921. The molecule has 0 aromatic carbocycles. The third-order valence-corrected chi connectivity index (χ3v) is 12.2. The van der Waals surface area contributed by atoms with Crippen LogP contribution in [-0.2, 0) is 38.0 Å². The van der Waals surface area contributed by atoms with Crippen LogP contribution in [0, 0.1) is 23.7 Å². The summed E-state index contributed by atoms with van der Waals surface area (Å²) in [5.74, 6) is -2.69. The van der Waals surface area contributed by atoms with Gasteiger partial charge in [0.25, 0.3) is 0 Å². The number of cyclic esters (lactones) is 1. The number of fused-ring (bicyclic) bond motifs is 2. The lowest BCUT2D eigenvalue weighted by atomic mass is 9.76. The number of rotatable bonds is 11. The Hall–Kier alpha value is -1.39. The number of aliphatic hydroxyl groups is 4. The van der Waals surface area contributed by atoms with Crippen molar-refractivity contribution in [1.29, 1.82) is 0 Å². The van der Waals surface area contributed by atoms with Crippen LogP contribution in [0.4, 0.5) is 0 Å². The molecule has 0 aromatic heterocycles. The van der Waals surface area contributed by atoms with E-state index in [0.29, 0.717) is 31.6 Å². The van der Waals surface area contributed by atoms with Crippen molar-refractivity contribution in [2.24, 2.45) is 23.7 Å². The lowest BCUT2D eigenvalue weighted by molar-refractivity contribution is -0.314. The lowest BCUT2D eigenvalue weighted by Crippen LogP contribution is -2.60. The van der Waals surface area contributed by atoms with E-state index in [0.717, 1.165) is 5.57 Å². The highest BCUT2D eigenvalue weighted by Gasteiger charge is 2.56. The lowest BCUT2D eigenvalue weighted by Gasteiger charge is -2.48. The Morgan fingerprint density at radius 3 is 2.31 bits per heavy atom. The maximum Gasteiger partial charge on any atom is 0.311 e. The molecular weight excluding hydrogens is 662 g/mol. The van der Waals surface area contributed by atoms with Crippen molar-refractivity contribution < 1.29 is 58.4 Å².